The highest BCUT2D eigenvalue weighted by atomic mass is 19.4. The van der Waals surface area contributed by atoms with Gasteiger partial charge in [-0.2, -0.15) is 13.2 Å². The van der Waals surface area contributed by atoms with Gasteiger partial charge in [0.05, 0.1) is 5.69 Å². The van der Waals surface area contributed by atoms with Gasteiger partial charge in [-0.05, 0) is 6.92 Å². The highest BCUT2D eigenvalue weighted by molar-refractivity contribution is 5.10. The van der Waals surface area contributed by atoms with E-state index < -0.39 is 11.9 Å². The number of nitrogens with zero attached hydrogens (tertiary/aromatic N) is 1. The zero-order valence-electron chi connectivity index (χ0n) is 5.99. The van der Waals surface area contributed by atoms with Gasteiger partial charge in [0.2, 0.25) is 5.76 Å². The summed E-state index contributed by atoms with van der Waals surface area (Å²) in [6, 6.07) is 0. The summed E-state index contributed by atoms with van der Waals surface area (Å²) in [6.07, 6.45) is -4.43. The summed E-state index contributed by atoms with van der Waals surface area (Å²) in [5, 5.41) is 0. The Hall–Kier alpha value is -1.00. The average molecular weight is 165 g/mol. The second kappa shape index (κ2) is 2.25. The normalized spacial score (nSPS) is 12.1. The molecule has 0 saturated heterocycles. The molecule has 1 heterocycles. The number of hydrogen-bond acceptors (Lipinski definition) is 2. The van der Waals surface area contributed by atoms with Crippen molar-refractivity contribution in [3.8, 4) is 0 Å². The molecule has 1 rings (SSSR count). The Morgan fingerprint density at radius 2 is 1.82 bits per heavy atom. The average Bonchev–Trinajstić information content (AvgIpc) is 2.08. The van der Waals surface area contributed by atoms with Crippen molar-refractivity contribution in [2.45, 2.75) is 20.0 Å². The summed E-state index contributed by atoms with van der Waals surface area (Å²) in [6.45, 7) is 2.64. The van der Waals surface area contributed by atoms with Gasteiger partial charge in [0.1, 0.15) is 0 Å². The Labute approximate surface area is 61.0 Å². The molecule has 0 N–H and O–H groups in total. The molecule has 62 valence electrons. The molecule has 0 fully saturated rings. The third kappa shape index (κ3) is 1.53. The maximum absolute atomic E-state index is 11.9. The lowest BCUT2D eigenvalue weighted by molar-refractivity contribution is -0.153. The van der Waals surface area contributed by atoms with E-state index in [0.717, 1.165) is 0 Å². The first kappa shape index (κ1) is 8.10. The van der Waals surface area contributed by atoms with E-state index in [4.69, 9.17) is 0 Å². The van der Waals surface area contributed by atoms with E-state index in [-0.39, 0.29) is 11.6 Å². The van der Waals surface area contributed by atoms with Crippen LogP contribution in [0, 0.1) is 13.8 Å². The summed E-state index contributed by atoms with van der Waals surface area (Å²) in [5.41, 5.74) is -0.116. The maximum Gasteiger partial charge on any atom is 0.451 e. The first-order valence-electron chi connectivity index (χ1n) is 2.92. The number of aryl methyl sites for hydroxylation is 2. The summed E-state index contributed by atoms with van der Waals surface area (Å²) in [7, 11) is 0. The van der Waals surface area contributed by atoms with E-state index in [2.05, 4.69) is 9.40 Å². The van der Waals surface area contributed by atoms with E-state index >= 15 is 0 Å². The second-order valence-corrected chi connectivity index (χ2v) is 2.15. The van der Waals surface area contributed by atoms with Crippen LogP contribution >= 0.6 is 0 Å². The minimum absolute atomic E-state index is 0.0369. The van der Waals surface area contributed by atoms with Gasteiger partial charge in [0, 0.05) is 6.92 Å². The number of oxazole rings is 1. The van der Waals surface area contributed by atoms with Crippen LogP contribution in [0.15, 0.2) is 4.42 Å². The molecule has 2 nitrogen and oxygen atoms in total. The molecule has 5 heteroatoms. The Balaban J connectivity index is 3.13. The van der Waals surface area contributed by atoms with Crippen molar-refractivity contribution in [2.75, 3.05) is 0 Å². The Kier molecular flexibility index (Phi) is 1.66. The first-order chi connectivity index (χ1) is 4.91. The number of halogens is 3. The van der Waals surface area contributed by atoms with Gasteiger partial charge in [-0.3, -0.25) is 0 Å². The molecular formula is C6H6F3NO. The lowest BCUT2D eigenvalue weighted by Crippen LogP contribution is -2.04. The predicted molar refractivity (Wildman–Crippen MR) is 31.0 cm³/mol. The first-order valence-corrected chi connectivity index (χ1v) is 2.92. The van der Waals surface area contributed by atoms with Crippen LogP contribution in [0.5, 0.6) is 0 Å². The van der Waals surface area contributed by atoms with Crippen LogP contribution in [0.25, 0.3) is 0 Å². The number of rotatable bonds is 0. The van der Waals surface area contributed by atoms with Gasteiger partial charge in [-0.15, -0.1) is 0 Å². The third-order valence-corrected chi connectivity index (χ3v) is 1.16. The topological polar surface area (TPSA) is 26.0 Å². The van der Waals surface area contributed by atoms with Crippen LogP contribution in [-0.4, -0.2) is 4.98 Å². The van der Waals surface area contributed by atoms with E-state index in [0.29, 0.717) is 0 Å². The van der Waals surface area contributed by atoms with Gasteiger partial charge in [0.25, 0.3) is 0 Å². The second-order valence-electron chi connectivity index (χ2n) is 2.15. The minimum Gasteiger partial charge on any atom is -0.436 e. The molecular weight excluding hydrogens is 159 g/mol. The van der Waals surface area contributed by atoms with Gasteiger partial charge < -0.3 is 4.42 Å². The van der Waals surface area contributed by atoms with Gasteiger partial charge in [-0.25, -0.2) is 4.98 Å². The Bertz CT molecular complexity index is 263. The molecule has 0 aliphatic rings. The van der Waals surface area contributed by atoms with Crippen molar-refractivity contribution in [1.29, 1.82) is 0 Å². The SMILES string of the molecule is Cc1nc(C)c(C(F)(F)F)o1. The van der Waals surface area contributed by atoms with Crippen molar-refractivity contribution < 1.29 is 17.6 Å². The summed E-state index contributed by atoms with van der Waals surface area (Å²) in [5.74, 6) is -0.968. The molecule has 0 bridgehead atoms. The fourth-order valence-corrected chi connectivity index (χ4v) is 0.794. The van der Waals surface area contributed by atoms with Crippen LogP contribution < -0.4 is 0 Å². The predicted octanol–water partition coefficient (Wildman–Crippen LogP) is 2.31. The molecule has 0 aromatic carbocycles. The van der Waals surface area contributed by atoms with Crippen molar-refractivity contribution in [2.24, 2.45) is 0 Å². The zero-order chi connectivity index (χ0) is 8.65. The van der Waals surface area contributed by atoms with E-state index in [1.54, 1.807) is 0 Å². The summed E-state index contributed by atoms with van der Waals surface area (Å²) in [4.78, 5) is 3.49. The van der Waals surface area contributed by atoms with E-state index in [1.165, 1.54) is 13.8 Å². The van der Waals surface area contributed by atoms with Crippen molar-refractivity contribution in [1.82, 2.24) is 4.98 Å². The highest BCUT2D eigenvalue weighted by Crippen LogP contribution is 2.31. The molecule has 0 aliphatic heterocycles. The number of alkyl halides is 3. The molecule has 0 spiro atoms. The highest BCUT2D eigenvalue weighted by Gasteiger charge is 2.37. The fraction of sp³-hybridized carbons (Fsp3) is 0.500. The monoisotopic (exact) mass is 165 g/mol. The molecule has 0 unspecified atom stereocenters. The summed E-state index contributed by atoms with van der Waals surface area (Å²) < 4.78 is 40.1. The van der Waals surface area contributed by atoms with Gasteiger partial charge in [0.15, 0.2) is 5.89 Å². The van der Waals surface area contributed by atoms with Gasteiger partial charge in [-0.1, -0.05) is 0 Å². The number of hydrogen-bond donors (Lipinski definition) is 0. The lowest BCUT2D eigenvalue weighted by atomic mass is 10.4. The van der Waals surface area contributed by atoms with E-state index in [9.17, 15) is 13.2 Å². The molecule has 0 atom stereocenters. The molecule has 11 heavy (non-hydrogen) atoms. The van der Waals surface area contributed by atoms with Crippen molar-refractivity contribution in [3.05, 3.63) is 17.3 Å². The lowest BCUT2D eigenvalue weighted by Gasteiger charge is -2.00. The molecule has 1 aromatic rings. The molecule has 0 aliphatic carbocycles. The molecule has 0 saturated carbocycles. The van der Waals surface area contributed by atoms with Crippen LogP contribution in [0.2, 0.25) is 0 Å². The number of aromatic nitrogens is 1. The molecule has 1 aromatic heterocycles. The minimum atomic E-state index is -4.43. The Morgan fingerprint density at radius 1 is 1.27 bits per heavy atom. The van der Waals surface area contributed by atoms with Crippen LogP contribution in [0.3, 0.4) is 0 Å². The third-order valence-electron chi connectivity index (χ3n) is 1.16. The standard InChI is InChI=1S/C6H6F3NO/c1-3-5(6(7,8)9)11-4(2)10-3/h1-2H3. The van der Waals surface area contributed by atoms with Crippen molar-refractivity contribution >= 4 is 0 Å². The van der Waals surface area contributed by atoms with E-state index in [1.807, 2.05) is 0 Å². The van der Waals surface area contributed by atoms with Crippen LogP contribution in [0.1, 0.15) is 17.3 Å². The largest absolute Gasteiger partial charge is 0.451 e. The maximum atomic E-state index is 11.9. The van der Waals surface area contributed by atoms with Crippen LogP contribution in [0.4, 0.5) is 13.2 Å². The smallest absolute Gasteiger partial charge is 0.436 e. The molecule has 0 amide bonds. The molecule has 0 radical (unpaired) electrons. The van der Waals surface area contributed by atoms with Gasteiger partial charge >= 0.3 is 6.18 Å². The fourth-order valence-electron chi connectivity index (χ4n) is 0.794. The van der Waals surface area contributed by atoms with Crippen molar-refractivity contribution in [3.63, 3.8) is 0 Å². The summed E-state index contributed by atoms with van der Waals surface area (Å²) >= 11 is 0. The quantitative estimate of drug-likeness (QED) is 0.589. The Morgan fingerprint density at radius 3 is 2.00 bits per heavy atom. The van der Waals surface area contributed by atoms with Crippen LogP contribution in [-0.2, 0) is 6.18 Å². The zero-order valence-corrected chi connectivity index (χ0v) is 5.99.